The van der Waals surface area contributed by atoms with Crippen LogP contribution in [0.1, 0.15) is 6.92 Å². The molecular formula is C9H10BN3O3. The van der Waals surface area contributed by atoms with Crippen LogP contribution >= 0.6 is 0 Å². The minimum Gasteiger partial charge on any atom is -0.428 e. The van der Waals surface area contributed by atoms with Gasteiger partial charge in [-0.2, -0.15) is 0 Å². The molecule has 3 amide bonds. The number of anilines is 2. The van der Waals surface area contributed by atoms with Gasteiger partial charge in [-0.1, -0.05) is 0 Å². The summed E-state index contributed by atoms with van der Waals surface area (Å²) in [6.07, 6.45) is 0. The molecule has 0 aliphatic carbocycles. The van der Waals surface area contributed by atoms with E-state index >= 15 is 0 Å². The number of carbonyl (C=O) groups excluding carboxylic acids is 2. The Morgan fingerprint density at radius 2 is 2.25 bits per heavy atom. The quantitative estimate of drug-likeness (QED) is 0.478. The highest BCUT2D eigenvalue weighted by molar-refractivity contribution is 6.69. The summed E-state index contributed by atoms with van der Waals surface area (Å²) in [4.78, 5) is 21.9. The Morgan fingerprint density at radius 1 is 1.50 bits per heavy atom. The first-order valence-electron chi connectivity index (χ1n) is 4.73. The first-order chi connectivity index (χ1) is 7.56. The summed E-state index contributed by atoms with van der Waals surface area (Å²) in [6.45, 7) is 1.40. The minimum absolute atomic E-state index is 0.192. The van der Waals surface area contributed by atoms with Gasteiger partial charge in [-0.05, 0) is 18.2 Å². The topological polar surface area (TPSA) is 90.5 Å². The fraction of sp³-hybridized carbons (Fsp3) is 0.111. The Morgan fingerprint density at radius 3 is 2.94 bits per heavy atom. The largest absolute Gasteiger partial charge is 0.452 e. The molecule has 0 fully saturated rings. The Labute approximate surface area is 92.2 Å². The van der Waals surface area contributed by atoms with Crippen LogP contribution in [0.25, 0.3) is 0 Å². The maximum absolute atomic E-state index is 11.0. The van der Waals surface area contributed by atoms with Gasteiger partial charge in [-0.25, -0.2) is 4.79 Å². The van der Waals surface area contributed by atoms with Crippen molar-refractivity contribution >= 4 is 35.8 Å². The third-order valence-electron chi connectivity index (χ3n) is 2.18. The Kier molecular flexibility index (Phi) is 2.53. The van der Waals surface area contributed by atoms with Crippen LogP contribution in [0.3, 0.4) is 0 Å². The molecule has 7 heteroatoms. The summed E-state index contributed by atoms with van der Waals surface area (Å²) in [7, 11) is -1.06. The fourth-order valence-electron chi connectivity index (χ4n) is 1.54. The van der Waals surface area contributed by atoms with Crippen LogP contribution in [-0.4, -0.2) is 24.0 Å². The fourth-order valence-corrected chi connectivity index (χ4v) is 1.54. The lowest BCUT2D eigenvalue weighted by atomic mass is 9.71. The predicted octanol–water partition coefficient (Wildman–Crippen LogP) is -0.532. The number of nitrogens with one attached hydrogen (secondary N) is 3. The number of rotatable bonds is 1. The molecule has 1 heterocycles. The van der Waals surface area contributed by atoms with E-state index in [9.17, 15) is 14.6 Å². The lowest BCUT2D eigenvalue weighted by molar-refractivity contribution is -0.114. The van der Waals surface area contributed by atoms with E-state index in [1.807, 2.05) is 0 Å². The SMILES string of the molecule is CC(=O)Nc1ccc2c(c1)B(O)NC(=O)N2. The number of hydrogen-bond acceptors (Lipinski definition) is 3. The highest BCUT2D eigenvalue weighted by atomic mass is 16.2. The molecule has 0 radical (unpaired) electrons. The normalized spacial score (nSPS) is 13.6. The highest BCUT2D eigenvalue weighted by Gasteiger charge is 2.27. The second kappa shape index (κ2) is 3.86. The van der Waals surface area contributed by atoms with Crippen LogP contribution in [-0.2, 0) is 4.79 Å². The summed E-state index contributed by atoms with van der Waals surface area (Å²) < 4.78 is 0. The number of urea groups is 1. The van der Waals surface area contributed by atoms with Crippen LogP contribution in [0.2, 0.25) is 0 Å². The summed E-state index contributed by atoms with van der Waals surface area (Å²) in [6, 6.07) is 4.43. The van der Waals surface area contributed by atoms with Crippen molar-refractivity contribution in [1.29, 1.82) is 0 Å². The molecule has 16 heavy (non-hydrogen) atoms. The average molecular weight is 219 g/mol. The van der Waals surface area contributed by atoms with Gasteiger partial charge in [0, 0.05) is 23.8 Å². The maximum Gasteiger partial charge on any atom is 0.452 e. The summed E-state index contributed by atoms with van der Waals surface area (Å²) in [5.74, 6) is -0.192. The van der Waals surface area contributed by atoms with Crippen molar-refractivity contribution < 1.29 is 14.6 Å². The van der Waals surface area contributed by atoms with E-state index in [0.29, 0.717) is 16.8 Å². The molecule has 0 bridgehead atoms. The lowest BCUT2D eigenvalue weighted by Gasteiger charge is -2.21. The smallest absolute Gasteiger partial charge is 0.428 e. The van der Waals surface area contributed by atoms with Gasteiger partial charge < -0.3 is 20.9 Å². The van der Waals surface area contributed by atoms with Crippen molar-refractivity contribution in [3.63, 3.8) is 0 Å². The lowest BCUT2D eigenvalue weighted by Crippen LogP contribution is -2.55. The zero-order valence-electron chi connectivity index (χ0n) is 8.57. The molecule has 0 atom stereocenters. The van der Waals surface area contributed by atoms with E-state index in [4.69, 9.17) is 0 Å². The van der Waals surface area contributed by atoms with Crippen molar-refractivity contribution in [3.8, 4) is 0 Å². The second-order valence-electron chi connectivity index (χ2n) is 3.48. The Balaban J connectivity index is 2.34. The molecule has 0 spiro atoms. The number of benzene rings is 1. The minimum atomic E-state index is -1.06. The molecule has 6 nitrogen and oxygen atoms in total. The standard InChI is InChI=1S/C9H10BN3O3/c1-5(14)11-6-2-3-8-7(4-6)10(16)13-9(15)12-8/h2-4,16H,1H3,(H,11,14)(H2,12,13,15). The molecule has 0 unspecified atom stereocenters. The van der Waals surface area contributed by atoms with E-state index in [1.165, 1.54) is 6.92 Å². The van der Waals surface area contributed by atoms with E-state index in [0.717, 1.165) is 0 Å². The maximum atomic E-state index is 11.0. The van der Waals surface area contributed by atoms with Crippen LogP contribution in [0.15, 0.2) is 18.2 Å². The monoisotopic (exact) mass is 219 g/mol. The number of fused-ring (bicyclic) bond motifs is 1. The van der Waals surface area contributed by atoms with Gasteiger partial charge in [-0.3, -0.25) is 4.79 Å². The van der Waals surface area contributed by atoms with Gasteiger partial charge >= 0.3 is 13.1 Å². The molecule has 0 saturated heterocycles. The van der Waals surface area contributed by atoms with E-state index < -0.39 is 13.1 Å². The molecule has 2 rings (SSSR count). The first kappa shape index (κ1) is 10.5. The van der Waals surface area contributed by atoms with Gasteiger partial charge in [0.15, 0.2) is 0 Å². The Bertz CT molecular complexity index is 463. The van der Waals surface area contributed by atoms with Crippen molar-refractivity contribution in [2.24, 2.45) is 0 Å². The van der Waals surface area contributed by atoms with E-state index in [1.54, 1.807) is 18.2 Å². The van der Waals surface area contributed by atoms with Crippen molar-refractivity contribution in [3.05, 3.63) is 18.2 Å². The molecule has 1 aliphatic heterocycles. The summed E-state index contributed by atoms with van der Waals surface area (Å²) >= 11 is 0. The molecule has 0 saturated carbocycles. The zero-order valence-corrected chi connectivity index (χ0v) is 8.57. The number of carbonyl (C=O) groups is 2. The van der Waals surface area contributed by atoms with Gasteiger partial charge in [0.2, 0.25) is 5.91 Å². The number of amides is 3. The third-order valence-corrected chi connectivity index (χ3v) is 2.18. The molecular weight excluding hydrogens is 209 g/mol. The molecule has 0 aromatic heterocycles. The summed E-state index contributed by atoms with van der Waals surface area (Å²) in [5.41, 5.74) is 1.62. The predicted molar refractivity (Wildman–Crippen MR) is 60.5 cm³/mol. The number of hydrogen-bond donors (Lipinski definition) is 4. The van der Waals surface area contributed by atoms with E-state index in [-0.39, 0.29) is 5.91 Å². The first-order valence-corrected chi connectivity index (χ1v) is 4.73. The molecule has 1 aliphatic rings. The zero-order chi connectivity index (χ0) is 11.7. The molecule has 82 valence electrons. The second-order valence-corrected chi connectivity index (χ2v) is 3.48. The van der Waals surface area contributed by atoms with Crippen LogP contribution in [0.5, 0.6) is 0 Å². The van der Waals surface area contributed by atoms with Crippen LogP contribution in [0.4, 0.5) is 16.2 Å². The van der Waals surface area contributed by atoms with Gasteiger partial charge in [-0.15, -0.1) is 0 Å². The van der Waals surface area contributed by atoms with Crippen molar-refractivity contribution in [1.82, 2.24) is 5.23 Å². The molecule has 1 aromatic rings. The van der Waals surface area contributed by atoms with Crippen molar-refractivity contribution in [2.45, 2.75) is 6.92 Å². The van der Waals surface area contributed by atoms with E-state index in [2.05, 4.69) is 15.9 Å². The van der Waals surface area contributed by atoms with Crippen LogP contribution in [0, 0.1) is 0 Å². The van der Waals surface area contributed by atoms with Gasteiger partial charge in [0.1, 0.15) is 0 Å². The average Bonchev–Trinajstić information content (AvgIpc) is 2.18. The highest BCUT2D eigenvalue weighted by Crippen LogP contribution is 2.13. The van der Waals surface area contributed by atoms with Gasteiger partial charge in [0.05, 0.1) is 0 Å². The summed E-state index contributed by atoms with van der Waals surface area (Å²) in [5, 5.41) is 17.1. The third kappa shape index (κ3) is 1.99. The molecule has 1 aromatic carbocycles. The Hall–Kier alpha value is -2.02. The molecule has 4 N–H and O–H groups in total. The van der Waals surface area contributed by atoms with Crippen molar-refractivity contribution in [2.75, 3.05) is 10.6 Å². The van der Waals surface area contributed by atoms with Crippen LogP contribution < -0.4 is 21.3 Å². The van der Waals surface area contributed by atoms with Gasteiger partial charge in [0.25, 0.3) is 0 Å².